The van der Waals surface area contributed by atoms with Gasteiger partial charge in [0.15, 0.2) is 15.5 Å². The number of carbonyl (C=O) groups excluding carboxylic acids is 1. The van der Waals surface area contributed by atoms with Gasteiger partial charge in [-0.2, -0.15) is 4.98 Å². The van der Waals surface area contributed by atoms with E-state index in [1.807, 2.05) is 29.8 Å². The molecule has 0 spiro atoms. The SMILES string of the molecule is Cc1nccn1-c1ccn2nc(NC(=O)CC3CCS(=O)(=O)C3)nc2c1. The van der Waals surface area contributed by atoms with Gasteiger partial charge in [-0.15, -0.1) is 5.10 Å². The number of carbonyl (C=O) groups is 1. The zero-order valence-electron chi connectivity index (χ0n) is 14.2. The van der Waals surface area contributed by atoms with Crippen molar-refractivity contribution >= 4 is 27.3 Å². The van der Waals surface area contributed by atoms with Gasteiger partial charge in [-0.1, -0.05) is 0 Å². The molecular formula is C16H18N6O3S. The van der Waals surface area contributed by atoms with E-state index < -0.39 is 9.84 Å². The smallest absolute Gasteiger partial charge is 0.249 e. The van der Waals surface area contributed by atoms with E-state index >= 15 is 0 Å². The molecule has 0 aromatic carbocycles. The Hall–Kier alpha value is -2.75. The van der Waals surface area contributed by atoms with E-state index in [2.05, 4.69) is 20.4 Å². The molecule has 136 valence electrons. The topological polar surface area (TPSA) is 111 Å². The van der Waals surface area contributed by atoms with Crippen LogP contribution in [-0.4, -0.2) is 50.0 Å². The molecule has 1 saturated heterocycles. The predicted molar refractivity (Wildman–Crippen MR) is 94.9 cm³/mol. The van der Waals surface area contributed by atoms with Gasteiger partial charge in [-0.3, -0.25) is 10.1 Å². The van der Waals surface area contributed by atoms with Crippen LogP contribution < -0.4 is 5.32 Å². The van der Waals surface area contributed by atoms with Gasteiger partial charge >= 0.3 is 0 Å². The second-order valence-corrected chi connectivity index (χ2v) is 8.72. The van der Waals surface area contributed by atoms with Crippen LogP contribution in [-0.2, 0) is 14.6 Å². The Bertz CT molecular complexity index is 1080. The summed E-state index contributed by atoms with van der Waals surface area (Å²) in [6.45, 7) is 1.91. The largest absolute Gasteiger partial charge is 0.304 e. The third-order valence-electron chi connectivity index (χ3n) is 4.48. The second-order valence-electron chi connectivity index (χ2n) is 6.49. The Morgan fingerprint density at radius 1 is 1.38 bits per heavy atom. The molecule has 3 aromatic rings. The fourth-order valence-corrected chi connectivity index (χ4v) is 5.06. The molecule has 1 fully saturated rings. The number of fused-ring (bicyclic) bond motifs is 1. The maximum atomic E-state index is 12.1. The van der Waals surface area contributed by atoms with Crippen LogP contribution in [0.4, 0.5) is 5.95 Å². The zero-order chi connectivity index (χ0) is 18.3. The fraction of sp³-hybridized carbons (Fsp3) is 0.375. The van der Waals surface area contributed by atoms with E-state index in [-0.39, 0.29) is 35.7 Å². The Balaban J connectivity index is 1.49. The van der Waals surface area contributed by atoms with Crippen molar-refractivity contribution in [1.29, 1.82) is 0 Å². The first-order chi connectivity index (χ1) is 12.4. The van der Waals surface area contributed by atoms with Gasteiger partial charge in [-0.25, -0.2) is 17.9 Å². The normalized spacial score (nSPS) is 19.0. The number of aryl methyl sites for hydroxylation is 1. The summed E-state index contributed by atoms with van der Waals surface area (Å²) in [5.74, 6) is 0.895. The maximum absolute atomic E-state index is 12.1. The van der Waals surface area contributed by atoms with Crippen molar-refractivity contribution in [2.45, 2.75) is 19.8 Å². The van der Waals surface area contributed by atoms with Crippen molar-refractivity contribution in [3.8, 4) is 5.69 Å². The van der Waals surface area contributed by atoms with E-state index in [0.717, 1.165) is 11.5 Å². The summed E-state index contributed by atoms with van der Waals surface area (Å²) < 4.78 is 26.5. The standard InChI is InChI=1S/C16H18N6O3S/c1-11-17-4-6-21(11)13-2-5-22-14(9-13)18-16(20-22)19-15(23)8-12-3-7-26(24,25)10-12/h2,4-6,9,12H,3,7-8,10H2,1H3,(H,19,20,23). The summed E-state index contributed by atoms with van der Waals surface area (Å²) in [6.07, 6.45) is 6.03. The van der Waals surface area contributed by atoms with Crippen LogP contribution in [0.1, 0.15) is 18.7 Å². The first kappa shape index (κ1) is 16.7. The maximum Gasteiger partial charge on any atom is 0.249 e. The minimum absolute atomic E-state index is 0.0760. The predicted octanol–water partition coefficient (Wildman–Crippen LogP) is 0.987. The van der Waals surface area contributed by atoms with Crippen LogP contribution in [0.15, 0.2) is 30.7 Å². The second kappa shape index (κ2) is 6.20. The lowest BCUT2D eigenvalue weighted by molar-refractivity contribution is -0.116. The molecule has 1 amide bonds. The van der Waals surface area contributed by atoms with Gasteiger partial charge < -0.3 is 4.57 Å². The minimum atomic E-state index is -2.99. The van der Waals surface area contributed by atoms with Crippen molar-refractivity contribution in [3.05, 3.63) is 36.5 Å². The van der Waals surface area contributed by atoms with E-state index in [1.165, 1.54) is 0 Å². The van der Waals surface area contributed by atoms with E-state index in [0.29, 0.717) is 12.1 Å². The van der Waals surface area contributed by atoms with Crippen LogP contribution >= 0.6 is 0 Å². The van der Waals surface area contributed by atoms with E-state index in [4.69, 9.17) is 0 Å². The van der Waals surface area contributed by atoms with Gasteiger partial charge in [0.25, 0.3) is 0 Å². The summed E-state index contributed by atoms with van der Waals surface area (Å²) in [6, 6.07) is 3.73. The molecule has 10 heteroatoms. The van der Waals surface area contributed by atoms with Crippen molar-refractivity contribution in [2.24, 2.45) is 5.92 Å². The number of hydrogen-bond acceptors (Lipinski definition) is 6. The minimum Gasteiger partial charge on any atom is -0.304 e. The number of nitrogens with one attached hydrogen (secondary N) is 1. The lowest BCUT2D eigenvalue weighted by Crippen LogP contribution is -2.18. The van der Waals surface area contributed by atoms with Crippen LogP contribution in [0.5, 0.6) is 0 Å². The van der Waals surface area contributed by atoms with Crippen molar-refractivity contribution in [3.63, 3.8) is 0 Å². The highest BCUT2D eigenvalue weighted by Crippen LogP contribution is 2.22. The van der Waals surface area contributed by atoms with Crippen LogP contribution in [0, 0.1) is 12.8 Å². The average Bonchev–Trinajstić information content (AvgIpc) is 3.24. The number of pyridine rings is 1. The van der Waals surface area contributed by atoms with Gasteiger partial charge in [0.1, 0.15) is 5.82 Å². The Kier molecular flexibility index (Phi) is 3.98. The quantitative estimate of drug-likeness (QED) is 0.729. The number of imidazole rings is 1. The molecule has 9 nitrogen and oxygen atoms in total. The monoisotopic (exact) mass is 374 g/mol. The molecule has 1 aliphatic rings. The summed E-state index contributed by atoms with van der Waals surface area (Å²) in [5.41, 5.74) is 1.49. The van der Waals surface area contributed by atoms with Crippen LogP contribution in [0.25, 0.3) is 11.3 Å². The molecule has 1 N–H and O–H groups in total. The lowest BCUT2D eigenvalue weighted by Gasteiger charge is -2.05. The third kappa shape index (κ3) is 3.32. The molecule has 4 rings (SSSR count). The average molecular weight is 374 g/mol. The molecule has 0 radical (unpaired) electrons. The van der Waals surface area contributed by atoms with Crippen molar-refractivity contribution in [1.82, 2.24) is 24.1 Å². The molecular weight excluding hydrogens is 356 g/mol. The Labute approximate surface area is 150 Å². The number of sulfone groups is 1. The Morgan fingerprint density at radius 2 is 2.23 bits per heavy atom. The Morgan fingerprint density at radius 3 is 2.92 bits per heavy atom. The highest BCUT2D eigenvalue weighted by molar-refractivity contribution is 7.91. The summed E-state index contributed by atoms with van der Waals surface area (Å²) in [4.78, 5) is 20.7. The zero-order valence-corrected chi connectivity index (χ0v) is 15.0. The molecule has 3 aromatic heterocycles. The van der Waals surface area contributed by atoms with Gasteiger partial charge in [0, 0.05) is 31.1 Å². The lowest BCUT2D eigenvalue weighted by atomic mass is 10.1. The molecule has 1 atom stereocenters. The molecule has 0 saturated carbocycles. The third-order valence-corrected chi connectivity index (χ3v) is 6.31. The molecule has 0 aliphatic carbocycles. The van der Waals surface area contributed by atoms with Crippen molar-refractivity contribution in [2.75, 3.05) is 16.8 Å². The number of amides is 1. The summed E-state index contributed by atoms with van der Waals surface area (Å²) >= 11 is 0. The molecule has 1 aliphatic heterocycles. The number of anilines is 1. The molecule has 1 unspecified atom stereocenters. The first-order valence-corrected chi connectivity index (χ1v) is 10.1. The van der Waals surface area contributed by atoms with E-state index in [1.54, 1.807) is 16.9 Å². The van der Waals surface area contributed by atoms with E-state index in [9.17, 15) is 13.2 Å². The van der Waals surface area contributed by atoms with Gasteiger partial charge in [0.2, 0.25) is 11.9 Å². The first-order valence-electron chi connectivity index (χ1n) is 8.27. The van der Waals surface area contributed by atoms with Gasteiger partial charge in [0.05, 0.1) is 17.2 Å². The highest BCUT2D eigenvalue weighted by Gasteiger charge is 2.29. The number of aromatic nitrogens is 5. The van der Waals surface area contributed by atoms with Crippen molar-refractivity contribution < 1.29 is 13.2 Å². The number of nitrogens with zero attached hydrogens (tertiary/aromatic N) is 5. The summed E-state index contributed by atoms with van der Waals surface area (Å²) in [5, 5.41) is 6.89. The fourth-order valence-electron chi connectivity index (χ4n) is 3.20. The van der Waals surface area contributed by atoms with Crippen LogP contribution in [0.2, 0.25) is 0 Å². The molecule has 0 bridgehead atoms. The molecule has 26 heavy (non-hydrogen) atoms. The van der Waals surface area contributed by atoms with Gasteiger partial charge in [-0.05, 0) is 25.3 Å². The highest BCUT2D eigenvalue weighted by atomic mass is 32.2. The summed E-state index contributed by atoms with van der Waals surface area (Å²) in [7, 11) is -2.99. The number of hydrogen-bond donors (Lipinski definition) is 1. The number of rotatable bonds is 4. The van der Waals surface area contributed by atoms with Crippen LogP contribution in [0.3, 0.4) is 0 Å². The molecule has 4 heterocycles.